The van der Waals surface area contributed by atoms with E-state index in [2.05, 4.69) is 12.1 Å². The van der Waals surface area contributed by atoms with E-state index >= 15 is 0 Å². The highest BCUT2D eigenvalue weighted by atomic mass is 35.5. The second-order valence-electron chi connectivity index (χ2n) is 5.59. The van der Waals surface area contributed by atoms with Crippen LogP contribution in [0.25, 0.3) is 0 Å². The molecule has 0 saturated heterocycles. The standard InChI is InChI=1S/C18H19ClO2/c1-21-17-9-8-15(11-16(17)19)18(20)14-7-3-6-13(10-14)12-4-2-5-12/h3,6-12,18,20H,2,4-5H2,1H3. The molecule has 0 aromatic heterocycles. The van der Waals surface area contributed by atoms with Crippen LogP contribution in [0.5, 0.6) is 5.75 Å². The summed E-state index contributed by atoms with van der Waals surface area (Å²) in [5, 5.41) is 11.1. The number of hydrogen-bond donors (Lipinski definition) is 1. The maximum absolute atomic E-state index is 10.6. The highest BCUT2D eigenvalue weighted by Gasteiger charge is 2.21. The molecule has 1 atom stereocenters. The van der Waals surface area contributed by atoms with Gasteiger partial charge in [0.1, 0.15) is 11.9 Å². The molecule has 21 heavy (non-hydrogen) atoms. The number of aliphatic hydroxyl groups is 1. The van der Waals surface area contributed by atoms with E-state index in [1.807, 2.05) is 18.2 Å². The van der Waals surface area contributed by atoms with Crippen molar-refractivity contribution in [2.45, 2.75) is 31.3 Å². The number of aliphatic hydroxyl groups excluding tert-OH is 1. The first kappa shape index (κ1) is 14.4. The molecular formula is C18H19ClO2. The van der Waals surface area contributed by atoms with Crippen molar-refractivity contribution in [2.24, 2.45) is 0 Å². The van der Waals surface area contributed by atoms with E-state index in [9.17, 15) is 5.11 Å². The van der Waals surface area contributed by atoms with Crippen molar-refractivity contribution in [3.05, 3.63) is 64.2 Å². The Morgan fingerprint density at radius 3 is 2.52 bits per heavy atom. The third-order valence-electron chi connectivity index (χ3n) is 4.29. The van der Waals surface area contributed by atoms with Gasteiger partial charge in [0.2, 0.25) is 0 Å². The summed E-state index contributed by atoms with van der Waals surface area (Å²) in [5.74, 6) is 1.28. The summed E-state index contributed by atoms with van der Waals surface area (Å²) in [6.45, 7) is 0. The third-order valence-corrected chi connectivity index (χ3v) is 4.59. The van der Waals surface area contributed by atoms with Crippen LogP contribution in [0.1, 0.15) is 48.0 Å². The summed E-state index contributed by atoms with van der Waals surface area (Å²) in [4.78, 5) is 0. The van der Waals surface area contributed by atoms with Crippen molar-refractivity contribution in [2.75, 3.05) is 7.11 Å². The minimum atomic E-state index is -0.659. The monoisotopic (exact) mass is 302 g/mol. The van der Waals surface area contributed by atoms with Gasteiger partial charge in [-0.15, -0.1) is 0 Å². The Labute approximate surface area is 130 Å². The molecule has 2 aromatic rings. The van der Waals surface area contributed by atoms with E-state index < -0.39 is 6.10 Å². The Kier molecular flexibility index (Phi) is 4.18. The maximum Gasteiger partial charge on any atom is 0.137 e. The van der Waals surface area contributed by atoms with Gasteiger partial charge in [0, 0.05) is 0 Å². The average Bonchev–Trinajstić information content (AvgIpc) is 2.45. The van der Waals surface area contributed by atoms with Crippen LogP contribution in [0.3, 0.4) is 0 Å². The molecule has 1 aliphatic rings. The maximum atomic E-state index is 10.6. The number of halogens is 1. The van der Waals surface area contributed by atoms with Gasteiger partial charge in [-0.3, -0.25) is 0 Å². The van der Waals surface area contributed by atoms with Gasteiger partial charge in [-0.2, -0.15) is 0 Å². The van der Waals surface area contributed by atoms with E-state index in [1.165, 1.54) is 24.8 Å². The Hall–Kier alpha value is -1.51. The first-order chi connectivity index (χ1) is 10.2. The molecule has 0 amide bonds. The molecule has 2 nitrogen and oxygen atoms in total. The van der Waals surface area contributed by atoms with Crippen LogP contribution >= 0.6 is 11.6 Å². The van der Waals surface area contributed by atoms with Crippen molar-refractivity contribution in [1.29, 1.82) is 0 Å². The molecule has 0 bridgehead atoms. The second kappa shape index (κ2) is 6.08. The van der Waals surface area contributed by atoms with Crippen LogP contribution in [0.15, 0.2) is 42.5 Å². The van der Waals surface area contributed by atoms with Crippen molar-refractivity contribution >= 4 is 11.6 Å². The number of benzene rings is 2. The van der Waals surface area contributed by atoms with Gasteiger partial charge < -0.3 is 9.84 Å². The Balaban J connectivity index is 1.87. The molecule has 2 aromatic carbocycles. The molecule has 0 spiro atoms. The molecule has 1 unspecified atom stereocenters. The third kappa shape index (κ3) is 2.92. The molecule has 1 aliphatic carbocycles. The van der Waals surface area contributed by atoms with E-state index in [0.717, 1.165) is 11.1 Å². The van der Waals surface area contributed by atoms with Gasteiger partial charge in [0.05, 0.1) is 12.1 Å². The quantitative estimate of drug-likeness (QED) is 0.887. The lowest BCUT2D eigenvalue weighted by atomic mass is 9.79. The predicted molar refractivity (Wildman–Crippen MR) is 85.1 cm³/mol. The fraction of sp³-hybridized carbons (Fsp3) is 0.333. The zero-order valence-electron chi connectivity index (χ0n) is 12.1. The lowest BCUT2D eigenvalue weighted by molar-refractivity contribution is 0.220. The van der Waals surface area contributed by atoms with Crippen LogP contribution in [-0.4, -0.2) is 12.2 Å². The molecule has 0 radical (unpaired) electrons. The normalized spacial score (nSPS) is 16.3. The topological polar surface area (TPSA) is 29.5 Å². The van der Waals surface area contributed by atoms with Gasteiger partial charge in [-0.25, -0.2) is 0 Å². The molecule has 0 heterocycles. The van der Waals surface area contributed by atoms with E-state index in [1.54, 1.807) is 19.2 Å². The lowest BCUT2D eigenvalue weighted by Crippen LogP contribution is -2.09. The largest absolute Gasteiger partial charge is 0.495 e. The zero-order chi connectivity index (χ0) is 14.8. The summed E-state index contributed by atoms with van der Waals surface area (Å²) in [6, 6.07) is 13.7. The minimum Gasteiger partial charge on any atom is -0.495 e. The number of hydrogen-bond acceptors (Lipinski definition) is 2. The molecular weight excluding hydrogens is 284 g/mol. The van der Waals surface area contributed by atoms with Crippen LogP contribution in [0.2, 0.25) is 5.02 Å². The smallest absolute Gasteiger partial charge is 0.137 e. The van der Waals surface area contributed by atoms with Crippen molar-refractivity contribution in [1.82, 2.24) is 0 Å². The van der Waals surface area contributed by atoms with Crippen LogP contribution in [-0.2, 0) is 0 Å². The van der Waals surface area contributed by atoms with Gasteiger partial charge in [-0.05, 0) is 47.6 Å². The summed E-state index contributed by atoms with van der Waals surface area (Å²) < 4.78 is 5.14. The molecule has 1 N–H and O–H groups in total. The molecule has 1 fully saturated rings. The summed E-state index contributed by atoms with van der Waals surface area (Å²) in [6.07, 6.45) is 3.17. The SMILES string of the molecule is COc1ccc(C(O)c2cccc(C3CCC3)c2)cc1Cl. The Morgan fingerprint density at radius 1 is 1.14 bits per heavy atom. The van der Waals surface area contributed by atoms with E-state index in [0.29, 0.717) is 16.7 Å². The molecule has 3 rings (SSSR count). The first-order valence-electron chi connectivity index (χ1n) is 7.30. The number of rotatable bonds is 4. The van der Waals surface area contributed by atoms with Gasteiger partial charge in [-0.1, -0.05) is 48.4 Å². The van der Waals surface area contributed by atoms with Crippen molar-refractivity contribution < 1.29 is 9.84 Å². The molecule has 1 saturated carbocycles. The van der Waals surface area contributed by atoms with Gasteiger partial charge >= 0.3 is 0 Å². The highest BCUT2D eigenvalue weighted by Crippen LogP contribution is 2.38. The van der Waals surface area contributed by atoms with Gasteiger partial charge in [0.15, 0.2) is 0 Å². The fourth-order valence-electron chi connectivity index (χ4n) is 2.77. The minimum absolute atomic E-state index is 0.518. The van der Waals surface area contributed by atoms with Gasteiger partial charge in [0.25, 0.3) is 0 Å². The fourth-order valence-corrected chi connectivity index (χ4v) is 3.04. The number of methoxy groups -OCH3 is 1. The number of ether oxygens (including phenoxy) is 1. The summed E-state index contributed by atoms with van der Waals surface area (Å²) in [7, 11) is 1.58. The Bertz CT molecular complexity index is 635. The van der Waals surface area contributed by atoms with E-state index in [4.69, 9.17) is 16.3 Å². The van der Waals surface area contributed by atoms with Crippen molar-refractivity contribution in [3.63, 3.8) is 0 Å². The van der Waals surface area contributed by atoms with Crippen LogP contribution in [0, 0.1) is 0 Å². The second-order valence-corrected chi connectivity index (χ2v) is 6.00. The summed E-state index contributed by atoms with van der Waals surface area (Å²) in [5.41, 5.74) is 3.03. The van der Waals surface area contributed by atoms with E-state index in [-0.39, 0.29) is 0 Å². The van der Waals surface area contributed by atoms with Crippen molar-refractivity contribution in [3.8, 4) is 5.75 Å². The molecule has 0 aliphatic heterocycles. The lowest BCUT2D eigenvalue weighted by Gasteiger charge is -2.26. The molecule has 3 heteroatoms. The summed E-state index contributed by atoms with van der Waals surface area (Å²) >= 11 is 6.14. The predicted octanol–water partition coefficient (Wildman–Crippen LogP) is 4.70. The van der Waals surface area contributed by atoms with Crippen LogP contribution < -0.4 is 4.74 Å². The molecule has 110 valence electrons. The highest BCUT2D eigenvalue weighted by molar-refractivity contribution is 6.32. The average molecular weight is 303 g/mol. The Morgan fingerprint density at radius 2 is 1.90 bits per heavy atom. The zero-order valence-corrected chi connectivity index (χ0v) is 12.8. The first-order valence-corrected chi connectivity index (χ1v) is 7.68. The van der Waals surface area contributed by atoms with Crippen LogP contribution in [0.4, 0.5) is 0 Å².